The first-order chi connectivity index (χ1) is 8.74. The predicted molar refractivity (Wildman–Crippen MR) is 72.7 cm³/mol. The summed E-state index contributed by atoms with van der Waals surface area (Å²) in [5.74, 6) is 0.0106. The lowest BCUT2D eigenvalue weighted by Gasteiger charge is -1.92. The molecule has 5 N–H and O–H groups in total. The van der Waals surface area contributed by atoms with Crippen molar-refractivity contribution in [3.05, 3.63) is 29.9 Å². The molecule has 0 aliphatic heterocycles. The molecule has 0 saturated carbocycles. The number of hydrogen-bond donors (Lipinski definition) is 3. The van der Waals surface area contributed by atoms with E-state index in [1.807, 2.05) is 23.7 Å². The summed E-state index contributed by atoms with van der Waals surface area (Å²) in [6, 6.07) is 3.89. The fourth-order valence-corrected chi connectivity index (χ4v) is 2.42. The van der Waals surface area contributed by atoms with Crippen LogP contribution in [-0.2, 0) is 0 Å². The second kappa shape index (κ2) is 4.11. The van der Waals surface area contributed by atoms with Crippen LogP contribution < -0.4 is 11.5 Å². The van der Waals surface area contributed by atoms with Crippen molar-refractivity contribution in [2.24, 2.45) is 16.5 Å². The van der Waals surface area contributed by atoms with E-state index in [4.69, 9.17) is 11.5 Å². The maximum Gasteiger partial charge on any atom is 0.212 e. The normalized spacial score (nSPS) is 10.7. The van der Waals surface area contributed by atoms with Crippen LogP contribution in [-0.4, -0.2) is 20.9 Å². The van der Waals surface area contributed by atoms with Crippen LogP contribution in [0.15, 0.2) is 34.9 Å². The Labute approximate surface area is 106 Å². The van der Waals surface area contributed by atoms with E-state index in [-0.39, 0.29) is 5.96 Å². The smallest absolute Gasteiger partial charge is 0.212 e. The number of guanidine groups is 1. The fraction of sp³-hybridized carbons (Fsp3) is 0. The SMILES string of the molecule is NC(N)=Nc1nc(-c2c[nH]c3ncccc23)cs1. The molecule has 0 atom stereocenters. The third kappa shape index (κ3) is 1.80. The first kappa shape index (κ1) is 10.7. The molecule has 0 aliphatic carbocycles. The largest absolute Gasteiger partial charge is 0.370 e. The van der Waals surface area contributed by atoms with Gasteiger partial charge in [0, 0.05) is 28.7 Å². The Bertz CT molecular complexity index is 722. The van der Waals surface area contributed by atoms with Gasteiger partial charge in [-0.1, -0.05) is 0 Å². The minimum absolute atomic E-state index is 0.0106. The van der Waals surface area contributed by atoms with Gasteiger partial charge in [0.2, 0.25) is 5.13 Å². The summed E-state index contributed by atoms with van der Waals surface area (Å²) in [4.78, 5) is 15.6. The number of aromatic nitrogens is 3. The van der Waals surface area contributed by atoms with E-state index in [1.54, 1.807) is 6.20 Å². The van der Waals surface area contributed by atoms with Crippen molar-refractivity contribution in [2.75, 3.05) is 0 Å². The van der Waals surface area contributed by atoms with Gasteiger partial charge in [-0.3, -0.25) is 0 Å². The topological polar surface area (TPSA) is 106 Å². The molecule has 7 heteroatoms. The van der Waals surface area contributed by atoms with Gasteiger partial charge in [-0.25, -0.2) is 9.97 Å². The Kier molecular flexibility index (Phi) is 2.45. The Balaban J connectivity index is 2.09. The van der Waals surface area contributed by atoms with Gasteiger partial charge in [0.25, 0.3) is 0 Å². The second-order valence-corrected chi connectivity index (χ2v) is 4.49. The third-order valence-electron chi connectivity index (χ3n) is 2.44. The molecule has 3 rings (SSSR count). The van der Waals surface area contributed by atoms with Crippen molar-refractivity contribution < 1.29 is 0 Å². The zero-order valence-electron chi connectivity index (χ0n) is 9.29. The van der Waals surface area contributed by atoms with Gasteiger partial charge < -0.3 is 16.5 Å². The highest BCUT2D eigenvalue weighted by molar-refractivity contribution is 7.13. The molecule has 0 amide bonds. The van der Waals surface area contributed by atoms with E-state index in [0.29, 0.717) is 5.13 Å². The summed E-state index contributed by atoms with van der Waals surface area (Å²) in [7, 11) is 0. The number of pyridine rings is 1. The number of nitrogens with one attached hydrogen (secondary N) is 1. The number of nitrogens with two attached hydrogens (primary N) is 2. The Morgan fingerprint density at radius 2 is 2.28 bits per heavy atom. The van der Waals surface area contributed by atoms with E-state index in [2.05, 4.69) is 19.9 Å². The molecule has 6 nitrogen and oxygen atoms in total. The number of fused-ring (bicyclic) bond motifs is 1. The van der Waals surface area contributed by atoms with Crippen LogP contribution in [0.2, 0.25) is 0 Å². The molecule has 18 heavy (non-hydrogen) atoms. The number of aromatic amines is 1. The van der Waals surface area contributed by atoms with Gasteiger partial charge in [0.05, 0.1) is 5.69 Å². The predicted octanol–water partition coefficient (Wildman–Crippen LogP) is 1.59. The second-order valence-electron chi connectivity index (χ2n) is 3.65. The zero-order valence-corrected chi connectivity index (χ0v) is 10.1. The monoisotopic (exact) mass is 258 g/mol. The van der Waals surface area contributed by atoms with Gasteiger partial charge in [-0.2, -0.15) is 4.99 Å². The maximum atomic E-state index is 5.32. The molecule has 0 fully saturated rings. The van der Waals surface area contributed by atoms with Gasteiger partial charge in [0.15, 0.2) is 5.96 Å². The number of rotatable bonds is 2. The number of nitrogens with zero attached hydrogens (tertiary/aromatic N) is 3. The molecule has 0 radical (unpaired) electrons. The van der Waals surface area contributed by atoms with Crippen LogP contribution in [0, 0.1) is 0 Å². The molecule has 0 unspecified atom stereocenters. The number of H-pyrrole nitrogens is 1. The molecule has 90 valence electrons. The quantitative estimate of drug-likeness (QED) is 0.479. The number of hydrogen-bond acceptors (Lipinski definition) is 4. The van der Waals surface area contributed by atoms with E-state index in [0.717, 1.165) is 22.3 Å². The molecule has 0 aromatic carbocycles. The summed E-state index contributed by atoms with van der Waals surface area (Å²) in [6.45, 7) is 0. The van der Waals surface area contributed by atoms with Crippen molar-refractivity contribution in [3.63, 3.8) is 0 Å². The molecule has 3 heterocycles. The van der Waals surface area contributed by atoms with Crippen LogP contribution in [0.25, 0.3) is 22.3 Å². The average molecular weight is 258 g/mol. The lowest BCUT2D eigenvalue weighted by molar-refractivity contribution is 1.32. The number of aliphatic imine (C=N–C) groups is 1. The summed E-state index contributed by atoms with van der Waals surface area (Å²) in [6.07, 6.45) is 3.63. The summed E-state index contributed by atoms with van der Waals surface area (Å²) >= 11 is 1.39. The van der Waals surface area contributed by atoms with Gasteiger partial charge in [0.1, 0.15) is 5.65 Å². The maximum absolute atomic E-state index is 5.32. The highest BCUT2D eigenvalue weighted by Crippen LogP contribution is 2.31. The van der Waals surface area contributed by atoms with Crippen LogP contribution >= 0.6 is 11.3 Å². The first-order valence-corrected chi connectivity index (χ1v) is 6.09. The first-order valence-electron chi connectivity index (χ1n) is 5.21. The van der Waals surface area contributed by atoms with E-state index < -0.39 is 0 Å². The molecule has 0 saturated heterocycles. The van der Waals surface area contributed by atoms with E-state index in [9.17, 15) is 0 Å². The standard InChI is InChI=1S/C11H10N6S/c12-10(13)17-11-16-8(5-18-11)7-4-15-9-6(7)2-1-3-14-9/h1-5H,(H,14,15)(H4,12,13,16,17). The number of thiazole rings is 1. The van der Waals surface area contributed by atoms with Crippen LogP contribution in [0.4, 0.5) is 5.13 Å². The minimum Gasteiger partial charge on any atom is -0.370 e. The van der Waals surface area contributed by atoms with Crippen molar-refractivity contribution in [3.8, 4) is 11.3 Å². The highest BCUT2D eigenvalue weighted by atomic mass is 32.1. The summed E-state index contributed by atoms with van der Waals surface area (Å²) < 4.78 is 0. The lowest BCUT2D eigenvalue weighted by Crippen LogP contribution is -2.21. The summed E-state index contributed by atoms with van der Waals surface area (Å²) in [5.41, 5.74) is 13.3. The Hall–Kier alpha value is -2.41. The molecule has 0 spiro atoms. The molecular weight excluding hydrogens is 248 g/mol. The third-order valence-corrected chi connectivity index (χ3v) is 3.18. The molecule has 0 bridgehead atoms. The van der Waals surface area contributed by atoms with Crippen molar-refractivity contribution >= 4 is 33.5 Å². The molecule has 3 aromatic heterocycles. The van der Waals surface area contributed by atoms with Gasteiger partial charge >= 0.3 is 0 Å². The minimum atomic E-state index is 0.0106. The van der Waals surface area contributed by atoms with E-state index >= 15 is 0 Å². The van der Waals surface area contributed by atoms with Crippen molar-refractivity contribution in [1.82, 2.24) is 15.0 Å². The molecular formula is C11H10N6S. The van der Waals surface area contributed by atoms with E-state index in [1.165, 1.54) is 11.3 Å². The zero-order chi connectivity index (χ0) is 12.5. The Morgan fingerprint density at radius 3 is 3.11 bits per heavy atom. The van der Waals surface area contributed by atoms with Gasteiger partial charge in [-0.05, 0) is 12.1 Å². The van der Waals surface area contributed by atoms with Crippen LogP contribution in [0.3, 0.4) is 0 Å². The molecule has 3 aromatic rings. The molecule has 0 aliphatic rings. The van der Waals surface area contributed by atoms with Crippen molar-refractivity contribution in [2.45, 2.75) is 0 Å². The van der Waals surface area contributed by atoms with Crippen LogP contribution in [0.1, 0.15) is 0 Å². The summed E-state index contributed by atoms with van der Waals surface area (Å²) in [5, 5.41) is 3.49. The Morgan fingerprint density at radius 1 is 1.39 bits per heavy atom. The fourth-order valence-electron chi connectivity index (χ4n) is 1.72. The van der Waals surface area contributed by atoms with Crippen LogP contribution in [0.5, 0.6) is 0 Å². The highest BCUT2D eigenvalue weighted by Gasteiger charge is 2.09. The van der Waals surface area contributed by atoms with Crippen molar-refractivity contribution in [1.29, 1.82) is 0 Å². The van der Waals surface area contributed by atoms with Gasteiger partial charge in [-0.15, -0.1) is 11.3 Å². The average Bonchev–Trinajstić information content (AvgIpc) is 2.94. The lowest BCUT2D eigenvalue weighted by atomic mass is 10.2.